The van der Waals surface area contributed by atoms with Crippen molar-refractivity contribution in [1.29, 1.82) is 0 Å². The molecule has 1 aromatic carbocycles. The van der Waals surface area contributed by atoms with Gasteiger partial charge >= 0.3 is 0 Å². The second-order valence-electron chi connectivity index (χ2n) is 6.64. The fraction of sp³-hybridized carbons (Fsp3) is 0.450. The molecule has 1 saturated heterocycles. The van der Waals surface area contributed by atoms with E-state index in [0.29, 0.717) is 18.8 Å². The zero-order valence-corrected chi connectivity index (χ0v) is 15.3. The van der Waals surface area contributed by atoms with E-state index in [1.807, 2.05) is 42.5 Å². The number of allylic oxidation sites excluding steroid dienone is 1. The molecule has 0 bridgehead atoms. The molecule has 26 heavy (non-hydrogen) atoms. The van der Waals surface area contributed by atoms with Gasteiger partial charge in [0.15, 0.2) is 5.69 Å². The molecule has 1 atom stereocenters. The minimum atomic E-state index is -0.0981. The highest BCUT2D eigenvalue weighted by Crippen LogP contribution is 2.16. The van der Waals surface area contributed by atoms with E-state index in [2.05, 4.69) is 10.3 Å². The van der Waals surface area contributed by atoms with E-state index < -0.39 is 0 Å². The van der Waals surface area contributed by atoms with Crippen LogP contribution < -0.4 is 0 Å². The normalized spacial score (nSPS) is 17.5. The number of carbonyl (C=O) groups excluding carboxylic acids is 1. The number of benzene rings is 1. The largest absolute Gasteiger partial charge is 0.378 e. The summed E-state index contributed by atoms with van der Waals surface area (Å²) < 4.78 is 7.39. The number of nitrogens with zero attached hydrogens (tertiary/aromatic N) is 4. The Kier molecular flexibility index (Phi) is 6.55. The van der Waals surface area contributed by atoms with Gasteiger partial charge in [0.25, 0.3) is 5.91 Å². The van der Waals surface area contributed by atoms with Gasteiger partial charge in [0.05, 0.1) is 18.8 Å². The van der Waals surface area contributed by atoms with Gasteiger partial charge in [-0.25, -0.2) is 4.68 Å². The Balaban J connectivity index is 1.48. The van der Waals surface area contributed by atoms with Gasteiger partial charge in [-0.2, -0.15) is 0 Å². The quantitative estimate of drug-likeness (QED) is 0.767. The highest BCUT2D eigenvalue weighted by molar-refractivity contribution is 5.91. The maximum Gasteiger partial charge on any atom is 0.275 e. The molecule has 6 nitrogen and oxygen atoms in total. The summed E-state index contributed by atoms with van der Waals surface area (Å²) in [5.41, 5.74) is 1.51. The zero-order valence-electron chi connectivity index (χ0n) is 15.3. The summed E-state index contributed by atoms with van der Waals surface area (Å²) in [4.78, 5) is 14.2. The number of hydrogen-bond donors (Lipinski definition) is 0. The van der Waals surface area contributed by atoms with Crippen molar-refractivity contribution in [2.45, 2.75) is 38.3 Å². The highest BCUT2D eigenvalue weighted by atomic mass is 16.5. The Bertz CT molecular complexity index is 720. The minimum absolute atomic E-state index is 0.0981. The Hall–Kier alpha value is -2.47. The van der Waals surface area contributed by atoms with Gasteiger partial charge in [-0.3, -0.25) is 4.79 Å². The lowest BCUT2D eigenvalue weighted by molar-refractivity contribution is 0.00705. The van der Waals surface area contributed by atoms with Crippen LogP contribution in [-0.2, 0) is 11.3 Å². The topological polar surface area (TPSA) is 60.2 Å². The van der Waals surface area contributed by atoms with Crippen LogP contribution >= 0.6 is 0 Å². The molecule has 0 spiro atoms. The summed E-state index contributed by atoms with van der Waals surface area (Å²) in [6.07, 6.45) is 10.3. The van der Waals surface area contributed by atoms with Crippen LogP contribution in [0.2, 0.25) is 0 Å². The molecule has 6 heteroatoms. The second-order valence-corrected chi connectivity index (χ2v) is 6.64. The van der Waals surface area contributed by atoms with Crippen LogP contribution in [-0.4, -0.2) is 52.1 Å². The summed E-state index contributed by atoms with van der Waals surface area (Å²) in [5.74, 6) is -0.0981. The Labute approximate surface area is 154 Å². The molecule has 1 aliphatic rings. The minimum Gasteiger partial charge on any atom is -0.378 e. The average Bonchev–Trinajstić information content (AvgIpc) is 3.16. The zero-order chi connectivity index (χ0) is 18.2. The lowest BCUT2D eigenvalue weighted by Crippen LogP contribution is -2.31. The molecular formula is C20H26N4O2. The first kappa shape index (κ1) is 18.3. The lowest BCUT2D eigenvalue weighted by Gasteiger charge is -2.24. The number of carbonyl (C=O) groups is 1. The van der Waals surface area contributed by atoms with E-state index in [9.17, 15) is 4.79 Å². The molecule has 0 saturated carbocycles. The SMILES string of the molecule is CN(CC[C@@H]1CCCCO1)C(=O)c1cn(C/C=C/c2ccccc2)nn1. The highest BCUT2D eigenvalue weighted by Gasteiger charge is 2.19. The number of hydrogen-bond acceptors (Lipinski definition) is 4. The van der Waals surface area contributed by atoms with E-state index in [-0.39, 0.29) is 12.0 Å². The third kappa shape index (κ3) is 5.26. The summed E-state index contributed by atoms with van der Waals surface area (Å²) in [6, 6.07) is 10.1. The first-order valence-electron chi connectivity index (χ1n) is 9.21. The molecular weight excluding hydrogens is 328 g/mol. The van der Waals surface area contributed by atoms with Crippen molar-refractivity contribution in [1.82, 2.24) is 19.9 Å². The molecule has 2 aromatic rings. The summed E-state index contributed by atoms with van der Waals surface area (Å²) in [7, 11) is 1.81. The molecule has 3 rings (SSSR count). The van der Waals surface area contributed by atoms with Crippen molar-refractivity contribution < 1.29 is 9.53 Å². The number of rotatable bonds is 7. The molecule has 1 amide bonds. The van der Waals surface area contributed by atoms with E-state index in [0.717, 1.165) is 31.4 Å². The number of aromatic nitrogens is 3. The summed E-state index contributed by atoms with van der Waals surface area (Å²) in [6.45, 7) is 2.09. The predicted octanol–water partition coefficient (Wildman–Crippen LogP) is 3.02. The van der Waals surface area contributed by atoms with Crippen LogP contribution in [0.3, 0.4) is 0 Å². The van der Waals surface area contributed by atoms with E-state index in [4.69, 9.17) is 4.74 Å². The van der Waals surface area contributed by atoms with E-state index in [1.54, 1.807) is 22.8 Å². The Morgan fingerprint density at radius 1 is 1.35 bits per heavy atom. The predicted molar refractivity (Wildman–Crippen MR) is 101 cm³/mol. The van der Waals surface area contributed by atoms with Gasteiger partial charge in [0.2, 0.25) is 0 Å². The van der Waals surface area contributed by atoms with Crippen LogP contribution in [0.5, 0.6) is 0 Å². The van der Waals surface area contributed by atoms with Gasteiger partial charge in [0.1, 0.15) is 0 Å². The van der Waals surface area contributed by atoms with E-state index >= 15 is 0 Å². The number of amides is 1. The van der Waals surface area contributed by atoms with Crippen molar-refractivity contribution in [3.8, 4) is 0 Å². The molecule has 1 fully saturated rings. The van der Waals surface area contributed by atoms with Gasteiger partial charge in [0, 0.05) is 20.2 Å². The monoisotopic (exact) mass is 354 g/mol. The molecule has 0 unspecified atom stereocenters. The maximum absolute atomic E-state index is 12.5. The van der Waals surface area contributed by atoms with Gasteiger partial charge in [-0.15, -0.1) is 5.10 Å². The van der Waals surface area contributed by atoms with Crippen LogP contribution in [0.4, 0.5) is 0 Å². The van der Waals surface area contributed by atoms with Crippen LogP contribution in [0.25, 0.3) is 6.08 Å². The van der Waals surface area contributed by atoms with E-state index in [1.165, 1.54) is 6.42 Å². The standard InChI is InChI=1S/C20H26N4O2/c1-23(14-12-18-11-5-6-15-26-18)20(25)19-16-24(22-21-19)13-7-10-17-8-3-2-4-9-17/h2-4,7-10,16,18H,5-6,11-15H2,1H3/b10-7+/t18-/m0/s1. The van der Waals surface area contributed by atoms with Crippen molar-refractivity contribution in [2.75, 3.05) is 20.2 Å². The van der Waals surface area contributed by atoms with Crippen LogP contribution in [0.15, 0.2) is 42.6 Å². The Morgan fingerprint density at radius 2 is 2.19 bits per heavy atom. The first-order chi connectivity index (χ1) is 12.7. The van der Waals surface area contributed by atoms with Crippen molar-refractivity contribution in [3.63, 3.8) is 0 Å². The number of ether oxygens (including phenoxy) is 1. The molecule has 0 N–H and O–H groups in total. The first-order valence-corrected chi connectivity index (χ1v) is 9.21. The maximum atomic E-state index is 12.5. The smallest absolute Gasteiger partial charge is 0.275 e. The second kappa shape index (κ2) is 9.29. The Morgan fingerprint density at radius 3 is 2.96 bits per heavy atom. The molecule has 0 aliphatic carbocycles. The lowest BCUT2D eigenvalue weighted by atomic mass is 10.1. The van der Waals surface area contributed by atoms with Gasteiger partial charge in [-0.05, 0) is 31.2 Å². The summed E-state index contributed by atoms with van der Waals surface area (Å²) in [5, 5.41) is 8.06. The summed E-state index contributed by atoms with van der Waals surface area (Å²) >= 11 is 0. The fourth-order valence-corrected chi connectivity index (χ4v) is 3.02. The molecule has 1 aliphatic heterocycles. The molecule has 0 radical (unpaired) electrons. The van der Waals surface area contributed by atoms with Gasteiger partial charge in [-0.1, -0.05) is 47.7 Å². The van der Waals surface area contributed by atoms with Gasteiger partial charge < -0.3 is 9.64 Å². The molecule has 2 heterocycles. The van der Waals surface area contributed by atoms with Crippen molar-refractivity contribution in [3.05, 3.63) is 53.9 Å². The van der Waals surface area contributed by atoms with Crippen molar-refractivity contribution in [2.24, 2.45) is 0 Å². The fourth-order valence-electron chi connectivity index (χ4n) is 3.02. The third-order valence-corrected chi connectivity index (χ3v) is 4.57. The van der Waals surface area contributed by atoms with Crippen LogP contribution in [0, 0.1) is 0 Å². The average molecular weight is 354 g/mol. The van der Waals surface area contributed by atoms with Crippen LogP contribution in [0.1, 0.15) is 41.7 Å². The molecule has 1 aromatic heterocycles. The van der Waals surface area contributed by atoms with Crippen molar-refractivity contribution >= 4 is 12.0 Å². The molecule has 138 valence electrons. The third-order valence-electron chi connectivity index (χ3n) is 4.57.